The second-order valence-electron chi connectivity index (χ2n) is 8.84. The number of rotatable bonds is 4. The second-order valence-corrected chi connectivity index (χ2v) is 8.84. The molecule has 2 aromatic rings. The van der Waals surface area contributed by atoms with Crippen molar-refractivity contribution in [2.75, 3.05) is 32.7 Å². The molecule has 2 fully saturated rings. The van der Waals surface area contributed by atoms with Gasteiger partial charge in [-0.05, 0) is 48.1 Å². The molecule has 0 radical (unpaired) electrons. The number of piperazine rings is 1. The number of hydrogen-bond acceptors (Lipinski definition) is 3. The fourth-order valence-electron chi connectivity index (χ4n) is 4.95. The number of carbonyl (C=O) groups is 1. The first kappa shape index (κ1) is 18.8. The number of hydrogen-bond donors (Lipinski definition) is 0. The van der Waals surface area contributed by atoms with Crippen LogP contribution in [0.4, 0.5) is 0 Å². The van der Waals surface area contributed by atoms with E-state index in [4.69, 9.17) is 0 Å². The molecule has 0 N–H and O–H groups in total. The fraction of sp³-hybridized carbons (Fsp3) is 0.480. The molecule has 0 atom stereocenters. The van der Waals surface area contributed by atoms with Crippen molar-refractivity contribution < 1.29 is 4.79 Å². The Hall–Kier alpha value is -2.17. The molecule has 3 aliphatic rings. The molecule has 4 heteroatoms. The van der Waals surface area contributed by atoms with Crippen molar-refractivity contribution in [1.82, 2.24) is 14.7 Å². The molecule has 1 saturated heterocycles. The summed E-state index contributed by atoms with van der Waals surface area (Å²) in [7, 11) is 0. The van der Waals surface area contributed by atoms with Gasteiger partial charge in [0.1, 0.15) is 0 Å². The van der Waals surface area contributed by atoms with Crippen LogP contribution in [0.5, 0.6) is 0 Å². The highest BCUT2D eigenvalue weighted by Crippen LogP contribution is 2.26. The van der Waals surface area contributed by atoms with Crippen molar-refractivity contribution in [3.63, 3.8) is 0 Å². The van der Waals surface area contributed by atoms with Gasteiger partial charge in [0.25, 0.3) is 5.91 Å². The molecule has 2 heterocycles. The lowest BCUT2D eigenvalue weighted by Crippen LogP contribution is -2.53. The Morgan fingerprint density at radius 1 is 0.897 bits per heavy atom. The molecule has 0 aromatic heterocycles. The molecular weight excluding hydrogens is 358 g/mol. The van der Waals surface area contributed by atoms with Gasteiger partial charge in [-0.2, -0.15) is 0 Å². The van der Waals surface area contributed by atoms with Gasteiger partial charge in [-0.1, -0.05) is 42.8 Å². The smallest absolute Gasteiger partial charge is 0.253 e. The summed E-state index contributed by atoms with van der Waals surface area (Å²) in [5.41, 5.74) is 4.95. The average molecular weight is 390 g/mol. The van der Waals surface area contributed by atoms with E-state index >= 15 is 0 Å². The van der Waals surface area contributed by atoms with Crippen LogP contribution >= 0.6 is 0 Å². The molecule has 0 bridgehead atoms. The van der Waals surface area contributed by atoms with E-state index in [0.29, 0.717) is 0 Å². The molecule has 1 amide bonds. The highest BCUT2D eigenvalue weighted by atomic mass is 16.2. The molecule has 5 rings (SSSR count). The quantitative estimate of drug-likeness (QED) is 0.800. The Morgan fingerprint density at radius 2 is 1.69 bits per heavy atom. The van der Waals surface area contributed by atoms with Crippen LogP contribution in [0.15, 0.2) is 48.5 Å². The van der Waals surface area contributed by atoms with Gasteiger partial charge in [0.05, 0.1) is 0 Å². The summed E-state index contributed by atoms with van der Waals surface area (Å²) in [6.07, 6.45) is 5.13. The molecule has 0 spiro atoms. The van der Waals surface area contributed by atoms with Crippen molar-refractivity contribution in [3.05, 3.63) is 70.8 Å². The standard InChI is InChI=1S/C25H31N3O/c29-25(28-15-13-27(14-16-28)24-7-4-8-24)22-10-9-21-11-12-26(19-23(21)17-22)18-20-5-2-1-3-6-20/h1-3,5-6,9-10,17,24H,4,7-8,11-16,18-19H2. The van der Waals surface area contributed by atoms with Crippen LogP contribution in [0.3, 0.4) is 0 Å². The minimum atomic E-state index is 0.209. The fourth-order valence-corrected chi connectivity index (χ4v) is 4.95. The lowest BCUT2D eigenvalue weighted by atomic mass is 9.91. The zero-order chi connectivity index (χ0) is 19.6. The predicted octanol–water partition coefficient (Wildman–Crippen LogP) is 3.56. The SMILES string of the molecule is O=C(c1ccc2c(c1)CN(Cc1ccccc1)CC2)N1CCN(C2CCC2)CC1. The maximum Gasteiger partial charge on any atom is 0.253 e. The Balaban J connectivity index is 1.23. The van der Waals surface area contributed by atoms with E-state index in [1.165, 1.54) is 36.0 Å². The second kappa shape index (κ2) is 8.29. The maximum atomic E-state index is 13.1. The number of nitrogens with zero attached hydrogens (tertiary/aromatic N) is 3. The van der Waals surface area contributed by atoms with Gasteiger partial charge in [-0.3, -0.25) is 14.6 Å². The van der Waals surface area contributed by atoms with E-state index in [9.17, 15) is 4.79 Å². The predicted molar refractivity (Wildman–Crippen MR) is 116 cm³/mol. The molecule has 2 aliphatic heterocycles. The summed E-state index contributed by atoms with van der Waals surface area (Å²) >= 11 is 0. The summed E-state index contributed by atoms with van der Waals surface area (Å²) in [4.78, 5) is 20.2. The number of benzene rings is 2. The van der Waals surface area contributed by atoms with Gasteiger partial charge in [0.2, 0.25) is 0 Å². The van der Waals surface area contributed by atoms with Crippen LogP contribution in [0.2, 0.25) is 0 Å². The first-order valence-corrected chi connectivity index (χ1v) is 11.2. The topological polar surface area (TPSA) is 26.8 Å². The summed E-state index contributed by atoms with van der Waals surface area (Å²) in [5.74, 6) is 0.209. The highest BCUT2D eigenvalue weighted by Gasteiger charge is 2.30. The third-order valence-corrected chi connectivity index (χ3v) is 6.99. The van der Waals surface area contributed by atoms with Crippen LogP contribution in [0, 0.1) is 0 Å². The summed E-state index contributed by atoms with van der Waals surface area (Å²) in [6, 6.07) is 17.8. The Labute approximate surface area is 174 Å². The van der Waals surface area contributed by atoms with Crippen molar-refractivity contribution in [2.24, 2.45) is 0 Å². The summed E-state index contributed by atoms with van der Waals surface area (Å²) in [5, 5.41) is 0. The normalized spacial score (nSPS) is 20.9. The molecule has 29 heavy (non-hydrogen) atoms. The lowest BCUT2D eigenvalue weighted by molar-refractivity contribution is 0.0455. The van der Waals surface area contributed by atoms with Gasteiger partial charge < -0.3 is 4.90 Å². The third kappa shape index (κ3) is 4.10. The lowest BCUT2D eigenvalue weighted by Gasteiger charge is -2.43. The third-order valence-electron chi connectivity index (χ3n) is 6.99. The van der Waals surface area contributed by atoms with E-state index in [-0.39, 0.29) is 5.91 Å². The van der Waals surface area contributed by atoms with E-state index in [0.717, 1.165) is 63.8 Å². The molecular formula is C25H31N3O. The zero-order valence-corrected chi connectivity index (χ0v) is 17.2. The average Bonchev–Trinajstić information content (AvgIpc) is 2.73. The monoisotopic (exact) mass is 389 g/mol. The van der Waals surface area contributed by atoms with Crippen LogP contribution in [-0.2, 0) is 19.5 Å². The Bertz CT molecular complexity index is 854. The van der Waals surface area contributed by atoms with E-state index in [1.54, 1.807) is 0 Å². The molecule has 2 aromatic carbocycles. The minimum Gasteiger partial charge on any atom is -0.336 e. The Morgan fingerprint density at radius 3 is 2.41 bits per heavy atom. The largest absolute Gasteiger partial charge is 0.336 e. The summed E-state index contributed by atoms with van der Waals surface area (Å²) in [6.45, 7) is 6.79. The zero-order valence-electron chi connectivity index (χ0n) is 17.2. The van der Waals surface area contributed by atoms with Crippen molar-refractivity contribution in [2.45, 2.75) is 44.8 Å². The number of amides is 1. The van der Waals surface area contributed by atoms with Crippen LogP contribution in [0.1, 0.15) is 46.3 Å². The molecule has 1 aliphatic carbocycles. The summed E-state index contributed by atoms with van der Waals surface area (Å²) < 4.78 is 0. The van der Waals surface area contributed by atoms with E-state index in [1.807, 2.05) is 6.07 Å². The van der Waals surface area contributed by atoms with Gasteiger partial charge in [-0.15, -0.1) is 0 Å². The van der Waals surface area contributed by atoms with Crippen molar-refractivity contribution in [3.8, 4) is 0 Å². The molecule has 0 unspecified atom stereocenters. The van der Waals surface area contributed by atoms with E-state index < -0.39 is 0 Å². The van der Waals surface area contributed by atoms with Crippen molar-refractivity contribution >= 4 is 5.91 Å². The van der Waals surface area contributed by atoms with Gasteiger partial charge in [0, 0.05) is 57.4 Å². The maximum absolute atomic E-state index is 13.1. The van der Waals surface area contributed by atoms with Crippen LogP contribution in [-0.4, -0.2) is 59.4 Å². The Kier molecular flexibility index (Phi) is 5.38. The number of carbonyl (C=O) groups excluding carboxylic acids is 1. The molecule has 152 valence electrons. The highest BCUT2D eigenvalue weighted by molar-refractivity contribution is 5.94. The van der Waals surface area contributed by atoms with Crippen molar-refractivity contribution in [1.29, 1.82) is 0 Å². The number of fused-ring (bicyclic) bond motifs is 1. The van der Waals surface area contributed by atoms with Gasteiger partial charge in [-0.25, -0.2) is 0 Å². The van der Waals surface area contributed by atoms with E-state index in [2.05, 4.69) is 57.2 Å². The minimum absolute atomic E-state index is 0.209. The first-order chi connectivity index (χ1) is 14.3. The van der Waals surface area contributed by atoms with Crippen LogP contribution in [0.25, 0.3) is 0 Å². The molecule has 1 saturated carbocycles. The van der Waals surface area contributed by atoms with Gasteiger partial charge >= 0.3 is 0 Å². The molecule has 4 nitrogen and oxygen atoms in total. The first-order valence-electron chi connectivity index (χ1n) is 11.2. The van der Waals surface area contributed by atoms with Crippen LogP contribution < -0.4 is 0 Å². The van der Waals surface area contributed by atoms with Gasteiger partial charge in [0.15, 0.2) is 0 Å².